The van der Waals surface area contributed by atoms with Gasteiger partial charge in [0, 0.05) is 61.9 Å². The molecule has 4 aromatic rings. The van der Waals surface area contributed by atoms with E-state index < -0.39 is 0 Å². The summed E-state index contributed by atoms with van der Waals surface area (Å²) in [6, 6.07) is 6.57. The molecule has 0 bridgehead atoms. The predicted molar refractivity (Wildman–Crippen MR) is 133 cm³/mol. The second kappa shape index (κ2) is 7.54. The molecule has 4 aromatic heterocycles. The number of rotatable bonds is 5. The molecule has 34 heavy (non-hydrogen) atoms. The van der Waals surface area contributed by atoms with E-state index in [4.69, 9.17) is 10.2 Å². The van der Waals surface area contributed by atoms with Gasteiger partial charge in [0.1, 0.15) is 12.1 Å². The van der Waals surface area contributed by atoms with Gasteiger partial charge in [0.25, 0.3) is 0 Å². The van der Waals surface area contributed by atoms with E-state index in [9.17, 15) is 0 Å². The molecule has 0 saturated carbocycles. The summed E-state index contributed by atoms with van der Waals surface area (Å²) in [5.74, 6) is 1.38. The zero-order chi connectivity index (χ0) is 23.6. The van der Waals surface area contributed by atoms with Gasteiger partial charge in [-0.05, 0) is 43.0 Å². The number of hydrogen-bond acceptors (Lipinski definition) is 6. The van der Waals surface area contributed by atoms with Crippen LogP contribution in [-0.2, 0) is 0 Å². The molecule has 6 heterocycles. The van der Waals surface area contributed by atoms with Gasteiger partial charge in [0.2, 0.25) is 0 Å². The molecule has 0 aliphatic carbocycles. The topological polar surface area (TPSA) is 89.1 Å². The fourth-order valence-electron chi connectivity index (χ4n) is 5.87. The summed E-state index contributed by atoms with van der Waals surface area (Å²) in [7, 11) is 0. The van der Waals surface area contributed by atoms with E-state index in [1.165, 1.54) is 11.1 Å². The van der Waals surface area contributed by atoms with Crippen LogP contribution in [0.2, 0.25) is 0 Å². The molecule has 0 aromatic carbocycles. The number of likely N-dealkylation sites (tertiary alicyclic amines) is 1. The number of nitriles is 1. The lowest BCUT2D eigenvalue weighted by molar-refractivity contribution is -0.0203. The summed E-state index contributed by atoms with van der Waals surface area (Å²) in [6.07, 6.45) is 4.31. The maximum Gasteiger partial charge on any atom is 0.158 e. The van der Waals surface area contributed by atoms with Gasteiger partial charge in [-0.1, -0.05) is 13.8 Å². The highest BCUT2D eigenvalue weighted by Crippen LogP contribution is 2.43. The number of anilines is 1. The lowest BCUT2D eigenvalue weighted by Crippen LogP contribution is -2.72. The number of nitrogens with zero attached hydrogens (tertiary/aromatic N) is 7. The van der Waals surface area contributed by atoms with Crippen molar-refractivity contribution in [3.8, 4) is 17.3 Å². The predicted octanol–water partition coefficient (Wildman–Crippen LogP) is 4.05. The third-order valence-corrected chi connectivity index (χ3v) is 7.67. The highest BCUT2D eigenvalue weighted by Gasteiger charge is 2.51. The molecule has 6 rings (SSSR count). The Morgan fingerprint density at radius 1 is 1.15 bits per heavy atom. The average Bonchev–Trinajstić information content (AvgIpc) is 3.38. The van der Waals surface area contributed by atoms with Gasteiger partial charge in [-0.25, -0.2) is 14.5 Å². The van der Waals surface area contributed by atoms with Gasteiger partial charge in [0.15, 0.2) is 5.65 Å². The molecular formula is C26H30N8. The minimum Gasteiger partial charge on any atom is -0.355 e. The number of hydrogen-bond donors (Lipinski definition) is 1. The Balaban J connectivity index is 1.34. The van der Waals surface area contributed by atoms with Crippen LogP contribution in [0, 0.1) is 30.6 Å². The van der Waals surface area contributed by atoms with E-state index in [2.05, 4.69) is 77.0 Å². The van der Waals surface area contributed by atoms with Crippen molar-refractivity contribution in [2.24, 2.45) is 5.41 Å². The molecule has 0 radical (unpaired) electrons. The zero-order valence-electron chi connectivity index (χ0n) is 20.3. The first-order valence-corrected chi connectivity index (χ1v) is 12.1. The van der Waals surface area contributed by atoms with Gasteiger partial charge >= 0.3 is 0 Å². The Labute approximate surface area is 199 Å². The van der Waals surface area contributed by atoms with Crippen LogP contribution in [0.3, 0.4) is 0 Å². The normalized spacial score (nSPS) is 17.5. The zero-order valence-corrected chi connectivity index (χ0v) is 20.3. The molecule has 8 nitrogen and oxygen atoms in total. The van der Waals surface area contributed by atoms with Crippen LogP contribution in [0.15, 0.2) is 24.7 Å². The number of aryl methyl sites for hydroxylation is 1. The molecule has 2 fully saturated rings. The number of fused-ring (bicyclic) bond motifs is 2. The standard InChI is InChI=1S/C26H30N8/c1-16(2)22-23(19-10-34-25(28-15-29-34)18(4)17(19)3)30-20-6-7-21(31-24(20)22)33-13-26(14-33)11-32(12-26)9-5-8-27/h6-7,10,15-16,30H,5,9,11-14H2,1-4H3. The summed E-state index contributed by atoms with van der Waals surface area (Å²) < 4.78 is 1.87. The molecule has 2 saturated heterocycles. The van der Waals surface area contributed by atoms with Crippen LogP contribution >= 0.6 is 0 Å². The highest BCUT2D eigenvalue weighted by atomic mass is 15.3. The molecular weight excluding hydrogens is 424 g/mol. The molecule has 1 spiro atoms. The molecule has 2 aliphatic heterocycles. The van der Waals surface area contributed by atoms with Crippen molar-refractivity contribution >= 4 is 22.5 Å². The highest BCUT2D eigenvalue weighted by molar-refractivity contribution is 5.90. The van der Waals surface area contributed by atoms with Crippen LogP contribution in [0.25, 0.3) is 27.9 Å². The van der Waals surface area contributed by atoms with Crippen molar-refractivity contribution in [1.29, 1.82) is 5.26 Å². The Morgan fingerprint density at radius 3 is 2.68 bits per heavy atom. The number of aromatic nitrogens is 5. The van der Waals surface area contributed by atoms with Gasteiger partial charge in [-0.3, -0.25) is 0 Å². The van der Waals surface area contributed by atoms with Crippen molar-refractivity contribution < 1.29 is 0 Å². The lowest BCUT2D eigenvalue weighted by atomic mass is 9.73. The maximum atomic E-state index is 8.81. The fraction of sp³-hybridized carbons (Fsp3) is 0.462. The summed E-state index contributed by atoms with van der Waals surface area (Å²) in [4.78, 5) is 18.0. The molecule has 8 heteroatoms. The van der Waals surface area contributed by atoms with E-state index in [0.29, 0.717) is 17.8 Å². The number of H-pyrrole nitrogens is 1. The van der Waals surface area contributed by atoms with E-state index in [1.54, 1.807) is 6.33 Å². The van der Waals surface area contributed by atoms with Gasteiger partial charge in [-0.2, -0.15) is 10.4 Å². The van der Waals surface area contributed by atoms with Crippen LogP contribution < -0.4 is 4.90 Å². The lowest BCUT2D eigenvalue weighted by Gasteiger charge is -2.60. The van der Waals surface area contributed by atoms with Crippen LogP contribution in [0.1, 0.15) is 42.9 Å². The first kappa shape index (κ1) is 21.1. The van der Waals surface area contributed by atoms with Crippen molar-refractivity contribution in [2.75, 3.05) is 37.6 Å². The summed E-state index contributed by atoms with van der Waals surface area (Å²) in [6.45, 7) is 13.9. The van der Waals surface area contributed by atoms with Crippen molar-refractivity contribution in [1.82, 2.24) is 29.5 Å². The quantitative estimate of drug-likeness (QED) is 0.489. The fourth-order valence-corrected chi connectivity index (χ4v) is 5.87. The molecule has 0 atom stereocenters. The number of aromatic amines is 1. The van der Waals surface area contributed by atoms with Crippen LogP contribution in [0.5, 0.6) is 0 Å². The second-order valence-corrected chi connectivity index (χ2v) is 10.4. The Morgan fingerprint density at radius 2 is 1.94 bits per heavy atom. The summed E-state index contributed by atoms with van der Waals surface area (Å²) in [5, 5.41) is 13.2. The SMILES string of the molecule is Cc1c(-c2[nH]c3ccc(N4CC5(CN(CCC#N)C5)C4)nc3c2C(C)C)cn2ncnc2c1C. The van der Waals surface area contributed by atoms with Gasteiger partial charge in [-0.15, -0.1) is 0 Å². The largest absolute Gasteiger partial charge is 0.355 e. The third kappa shape index (κ3) is 3.11. The summed E-state index contributed by atoms with van der Waals surface area (Å²) in [5.41, 5.74) is 9.30. The van der Waals surface area contributed by atoms with Crippen molar-refractivity contribution in [3.63, 3.8) is 0 Å². The molecule has 174 valence electrons. The van der Waals surface area contributed by atoms with E-state index in [1.807, 2.05) is 4.52 Å². The van der Waals surface area contributed by atoms with Gasteiger partial charge < -0.3 is 14.8 Å². The van der Waals surface area contributed by atoms with Crippen molar-refractivity contribution in [2.45, 2.75) is 40.0 Å². The minimum absolute atomic E-state index is 0.320. The van der Waals surface area contributed by atoms with Crippen molar-refractivity contribution in [3.05, 3.63) is 41.3 Å². The Kier molecular flexibility index (Phi) is 4.68. The molecule has 0 amide bonds. The molecule has 2 aliphatic rings. The third-order valence-electron chi connectivity index (χ3n) is 7.67. The molecule has 0 unspecified atom stereocenters. The molecule has 1 N–H and O–H groups in total. The maximum absolute atomic E-state index is 8.81. The first-order valence-electron chi connectivity index (χ1n) is 12.1. The minimum atomic E-state index is 0.320. The van der Waals surface area contributed by atoms with E-state index in [0.717, 1.165) is 72.0 Å². The van der Waals surface area contributed by atoms with Crippen LogP contribution in [-0.4, -0.2) is 62.2 Å². The summed E-state index contributed by atoms with van der Waals surface area (Å²) >= 11 is 0. The van der Waals surface area contributed by atoms with Gasteiger partial charge in [0.05, 0.1) is 22.8 Å². The van der Waals surface area contributed by atoms with Crippen LogP contribution in [0.4, 0.5) is 5.82 Å². The Hall–Kier alpha value is -3.44. The van der Waals surface area contributed by atoms with E-state index >= 15 is 0 Å². The van der Waals surface area contributed by atoms with E-state index in [-0.39, 0.29) is 0 Å². The smallest absolute Gasteiger partial charge is 0.158 e. The monoisotopic (exact) mass is 454 g/mol. The average molecular weight is 455 g/mol. The first-order chi connectivity index (χ1) is 16.4. The number of nitrogens with one attached hydrogen (secondary N) is 1. The Bertz CT molecular complexity index is 1440. The number of pyridine rings is 2. The second-order valence-electron chi connectivity index (χ2n) is 10.4.